The van der Waals surface area contributed by atoms with Gasteiger partial charge in [-0.05, 0) is 36.6 Å². The van der Waals surface area contributed by atoms with E-state index in [1.807, 2.05) is 6.07 Å². The average Bonchev–Trinajstić information content (AvgIpc) is 2.27. The highest BCUT2D eigenvalue weighted by atomic mass is 35.5. The fourth-order valence-electron chi connectivity index (χ4n) is 2.03. The van der Waals surface area contributed by atoms with E-state index in [0.29, 0.717) is 29.6 Å². The van der Waals surface area contributed by atoms with Crippen molar-refractivity contribution < 1.29 is 9.90 Å². The maximum absolute atomic E-state index is 11.7. The first-order chi connectivity index (χ1) is 7.99. The van der Waals surface area contributed by atoms with Crippen LogP contribution in [0.25, 0.3) is 0 Å². The van der Waals surface area contributed by atoms with Gasteiger partial charge in [-0.25, -0.2) is 0 Å². The fourth-order valence-corrected chi connectivity index (χ4v) is 2.63. The molecule has 92 valence electrons. The van der Waals surface area contributed by atoms with Crippen molar-refractivity contribution in [3.8, 4) is 0 Å². The third-order valence-electron chi connectivity index (χ3n) is 2.92. The molecule has 1 aliphatic heterocycles. The van der Waals surface area contributed by atoms with Crippen LogP contribution in [-0.4, -0.2) is 28.6 Å². The Labute approximate surface area is 110 Å². The SMILES string of the molecule is CC(O)C(=O)N1CCc2cc(Cl)cc(Cl)c2C1. The van der Waals surface area contributed by atoms with E-state index in [2.05, 4.69) is 0 Å². The Bertz CT molecular complexity index is 460. The summed E-state index contributed by atoms with van der Waals surface area (Å²) in [5, 5.41) is 10.5. The number of aliphatic hydroxyl groups excluding tert-OH is 1. The number of amides is 1. The third-order valence-corrected chi connectivity index (χ3v) is 3.48. The second kappa shape index (κ2) is 4.84. The van der Waals surface area contributed by atoms with Gasteiger partial charge in [0, 0.05) is 23.1 Å². The Morgan fingerprint density at radius 1 is 1.47 bits per heavy atom. The summed E-state index contributed by atoms with van der Waals surface area (Å²) in [6.45, 7) is 2.50. The number of rotatable bonds is 1. The molecule has 3 nitrogen and oxygen atoms in total. The third kappa shape index (κ3) is 2.57. The lowest BCUT2D eigenvalue weighted by molar-refractivity contribution is -0.140. The molecule has 1 aromatic carbocycles. The molecule has 1 N–H and O–H groups in total. The molecule has 1 amide bonds. The molecule has 1 aromatic rings. The Balaban J connectivity index is 2.27. The van der Waals surface area contributed by atoms with Crippen molar-refractivity contribution in [3.05, 3.63) is 33.3 Å². The summed E-state index contributed by atoms with van der Waals surface area (Å²) in [4.78, 5) is 13.3. The Hall–Kier alpha value is -0.770. The molecular weight excluding hydrogens is 261 g/mol. The van der Waals surface area contributed by atoms with Crippen LogP contribution in [0, 0.1) is 0 Å². The van der Waals surface area contributed by atoms with Crippen molar-refractivity contribution in [1.29, 1.82) is 0 Å². The number of carbonyl (C=O) groups excluding carboxylic acids is 1. The van der Waals surface area contributed by atoms with Crippen molar-refractivity contribution in [2.45, 2.75) is 26.0 Å². The highest BCUT2D eigenvalue weighted by molar-refractivity contribution is 6.35. The average molecular weight is 274 g/mol. The number of halogens is 2. The first-order valence-electron chi connectivity index (χ1n) is 5.42. The summed E-state index contributed by atoms with van der Waals surface area (Å²) >= 11 is 12.0. The van der Waals surface area contributed by atoms with Gasteiger partial charge >= 0.3 is 0 Å². The molecule has 1 atom stereocenters. The second-order valence-electron chi connectivity index (χ2n) is 4.21. The molecule has 0 bridgehead atoms. The van der Waals surface area contributed by atoms with Crippen LogP contribution in [-0.2, 0) is 17.8 Å². The van der Waals surface area contributed by atoms with E-state index in [9.17, 15) is 9.90 Å². The molecule has 2 rings (SSSR count). The lowest BCUT2D eigenvalue weighted by Crippen LogP contribution is -2.41. The molecule has 0 aromatic heterocycles. The van der Waals surface area contributed by atoms with Crippen LogP contribution in [0.5, 0.6) is 0 Å². The van der Waals surface area contributed by atoms with Crippen molar-refractivity contribution in [1.82, 2.24) is 4.90 Å². The smallest absolute Gasteiger partial charge is 0.251 e. The molecule has 0 saturated carbocycles. The van der Waals surface area contributed by atoms with Crippen LogP contribution in [0.3, 0.4) is 0 Å². The summed E-state index contributed by atoms with van der Waals surface area (Å²) in [5.41, 5.74) is 2.01. The minimum atomic E-state index is -0.970. The quantitative estimate of drug-likeness (QED) is 0.853. The lowest BCUT2D eigenvalue weighted by atomic mass is 9.99. The van der Waals surface area contributed by atoms with Gasteiger partial charge in [0.15, 0.2) is 0 Å². The number of nitrogens with zero attached hydrogens (tertiary/aromatic N) is 1. The number of carbonyl (C=O) groups is 1. The molecule has 1 aliphatic rings. The van der Waals surface area contributed by atoms with Gasteiger partial charge in [0.05, 0.1) is 0 Å². The number of aliphatic hydroxyl groups is 1. The molecule has 0 saturated heterocycles. The molecule has 17 heavy (non-hydrogen) atoms. The van der Waals surface area contributed by atoms with Gasteiger partial charge in [-0.1, -0.05) is 23.2 Å². The molecule has 5 heteroatoms. The van der Waals surface area contributed by atoms with E-state index < -0.39 is 6.10 Å². The summed E-state index contributed by atoms with van der Waals surface area (Å²) in [7, 11) is 0. The van der Waals surface area contributed by atoms with Crippen LogP contribution in [0.15, 0.2) is 12.1 Å². The topological polar surface area (TPSA) is 40.5 Å². The van der Waals surface area contributed by atoms with Crippen LogP contribution < -0.4 is 0 Å². The van der Waals surface area contributed by atoms with Crippen LogP contribution in [0.1, 0.15) is 18.1 Å². The molecule has 1 heterocycles. The zero-order valence-electron chi connectivity index (χ0n) is 9.41. The lowest BCUT2D eigenvalue weighted by Gasteiger charge is -2.30. The van der Waals surface area contributed by atoms with Crippen molar-refractivity contribution in [3.63, 3.8) is 0 Å². The van der Waals surface area contributed by atoms with E-state index in [-0.39, 0.29) is 5.91 Å². The summed E-state index contributed by atoms with van der Waals surface area (Å²) < 4.78 is 0. The standard InChI is InChI=1S/C12H13Cl2NO2/c1-7(16)12(17)15-3-2-8-4-9(13)5-11(14)10(8)6-15/h4-5,7,16H,2-3,6H2,1H3. The molecular formula is C12H13Cl2NO2. The second-order valence-corrected chi connectivity index (χ2v) is 5.05. The van der Waals surface area contributed by atoms with Crippen molar-refractivity contribution >= 4 is 29.1 Å². The van der Waals surface area contributed by atoms with Crippen LogP contribution in [0.2, 0.25) is 10.0 Å². The predicted octanol–water partition coefficient (Wildman–Crippen LogP) is 2.26. The highest BCUT2D eigenvalue weighted by Crippen LogP contribution is 2.30. The zero-order valence-corrected chi connectivity index (χ0v) is 10.9. The molecule has 0 aliphatic carbocycles. The summed E-state index contributed by atoms with van der Waals surface area (Å²) in [6, 6.07) is 3.56. The van der Waals surface area contributed by atoms with Gasteiger partial charge in [-0.2, -0.15) is 0 Å². The number of hydrogen-bond donors (Lipinski definition) is 1. The number of fused-ring (bicyclic) bond motifs is 1. The minimum absolute atomic E-state index is 0.262. The first-order valence-corrected chi connectivity index (χ1v) is 6.18. The van der Waals surface area contributed by atoms with Gasteiger partial charge < -0.3 is 10.0 Å². The normalized spacial score (nSPS) is 16.6. The van der Waals surface area contributed by atoms with E-state index in [0.717, 1.165) is 11.1 Å². The Morgan fingerprint density at radius 3 is 2.82 bits per heavy atom. The monoisotopic (exact) mass is 273 g/mol. The van der Waals surface area contributed by atoms with Crippen LogP contribution >= 0.6 is 23.2 Å². The number of benzene rings is 1. The number of hydrogen-bond acceptors (Lipinski definition) is 2. The van der Waals surface area contributed by atoms with Crippen molar-refractivity contribution in [2.24, 2.45) is 0 Å². The van der Waals surface area contributed by atoms with Crippen molar-refractivity contribution in [2.75, 3.05) is 6.54 Å². The zero-order chi connectivity index (χ0) is 12.6. The largest absolute Gasteiger partial charge is 0.384 e. The van der Waals surface area contributed by atoms with Gasteiger partial charge in [0.25, 0.3) is 5.91 Å². The minimum Gasteiger partial charge on any atom is -0.384 e. The fraction of sp³-hybridized carbons (Fsp3) is 0.417. The predicted molar refractivity (Wildman–Crippen MR) is 67.3 cm³/mol. The Kier molecular flexibility index (Phi) is 3.61. The van der Waals surface area contributed by atoms with E-state index >= 15 is 0 Å². The highest BCUT2D eigenvalue weighted by Gasteiger charge is 2.25. The Morgan fingerprint density at radius 2 is 2.18 bits per heavy atom. The van der Waals surface area contributed by atoms with Crippen LogP contribution in [0.4, 0.5) is 0 Å². The van der Waals surface area contributed by atoms with E-state index in [1.54, 1.807) is 11.0 Å². The molecule has 1 unspecified atom stereocenters. The van der Waals surface area contributed by atoms with Gasteiger partial charge in [0.1, 0.15) is 6.10 Å². The molecule has 0 fully saturated rings. The summed E-state index contributed by atoms with van der Waals surface area (Å²) in [5.74, 6) is -0.262. The summed E-state index contributed by atoms with van der Waals surface area (Å²) in [6.07, 6.45) is -0.253. The van der Waals surface area contributed by atoms with Gasteiger partial charge in [0.2, 0.25) is 0 Å². The first kappa shape index (κ1) is 12.7. The van der Waals surface area contributed by atoms with Gasteiger partial charge in [-0.15, -0.1) is 0 Å². The van der Waals surface area contributed by atoms with E-state index in [1.165, 1.54) is 6.92 Å². The van der Waals surface area contributed by atoms with E-state index in [4.69, 9.17) is 23.2 Å². The molecule has 0 spiro atoms. The maximum Gasteiger partial charge on any atom is 0.251 e. The van der Waals surface area contributed by atoms with Gasteiger partial charge in [-0.3, -0.25) is 4.79 Å². The molecule has 0 radical (unpaired) electrons. The maximum atomic E-state index is 11.7.